The third kappa shape index (κ3) is 3.57. The average Bonchev–Trinajstić information content (AvgIpc) is 3.11. The number of nitrogens with one attached hydrogen (secondary N) is 1. The second kappa shape index (κ2) is 6.64. The van der Waals surface area contributed by atoms with Gasteiger partial charge in [-0.15, -0.1) is 0 Å². The molecule has 0 saturated heterocycles. The standard InChI is InChI=1S/C19H12F6N4/c20-18(21,22)12-6-8-13(9-7-12)29-10-26-15-14(11-4-2-1-3-5-11)27-17(19(23,24)25)28-16(15)29/h1-9,26H,10H2. The predicted octanol–water partition coefficient (Wildman–Crippen LogP) is 5.70. The quantitative estimate of drug-likeness (QED) is 0.550. The molecule has 29 heavy (non-hydrogen) atoms. The Hall–Kier alpha value is -3.30. The molecule has 10 heteroatoms. The molecule has 0 spiro atoms. The lowest BCUT2D eigenvalue weighted by atomic mass is 10.1. The van der Waals surface area contributed by atoms with Crippen LogP contribution in [0.25, 0.3) is 11.3 Å². The van der Waals surface area contributed by atoms with Crippen molar-refractivity contribution in [1.82, 2.24) is 9.97 Å². The van der Waals surface area contributed by atoms with Crippen LogP contribution >= 0.6 is 0 Å². The second-order valence-corrected chi connectivity index (χ2v) is 6.27. The van der Waals surface area contributed by atoms with Crippen LogP contribution in [-0.2, 0) is 12.4 Å². The van der Waals surface area contributed by atoms with Gasteiger partial charge in [-0.05, 0) is 24.3 Å². The van der Waals surface area contributed by atoms with E-state index < -0.39 is 23.7 Å². The lowest BCUT2D eigenvalue weighted by Crippen LogP contribution is -2.19. The van der Waals surface area contributed by atoms with Gasteiger partial charge in [0.05, 0.1) is 17.9 Å². The SMILES string of the molecule is FC(F)(F)c1ccc(N2CNc3c(-c4ccccc4)nc(C(F)(F)F)nc32)cc1. The fourth-order valence-corrected chi connectivity index (χ4v) is 3.02. The van der Waals surface area contributed by atoms with E-state index in [4.69, 9.17) is 0 Å². The Kier molecular flexibility index (Phi) is 4.36. The van der Waals surface area contributed by atoms with Gasteiger partial charge in [-0.1, -0.05) is 30.3 Å². The van der Waals surface area contributed by atoms with E-state index in [1.165, 1.54) is 17.0 Å². The van der Waals surface area contributed by atoms with Crippen LogP contribution in [-0.4, -0.2) is 16.6 Å². The van der Waals surface area contributed by atoms with Crippen LogP contribution in [0.1, 0.15) is 11.4 Å². The van der Waals surface area contributed by atoms with Crippen molar-refractivity contribution in [2.45, 2.75) is 12.4 Å². The Bertz CT molecular complexity index is 1030. The molecule has 1 aliphatic heterocycles. The Morgan fingerprint density at radius 2 is 1.45 bits per heavy atom. The summed E-state index contributed by atoms with van der Waals surface area (Å²) in [4.78, 5) is 8.71. The van der Waals surface area contributed by atoms with Gasteiger partial charge in [0.2, 0.25) is 5.82 Å². The van der Waals surface area contributed by atoms with Crippen LogP contribution in [0.5, 0.6) is 0 Å². The molecule has 150 valence electrons. The Labute approximate surface area is 160 Å². The van der Waals surface area contributed by atoms with Gasteiger partial charge in [0.25, 0.3) is 0 Å². The van der Waals surface area contributed by atoms with Gasteiger partial charge in [-0.2, -0.15) is 26.3 Å². The fourth-order valence-electron chi connectivity index (χ4n) is 3.02. The summed E-state index contributed by atoms with van der Waals surface area (Å²) in [6, 6.07) is 12.4. The molecule has 4 nitrogen and oxygen atoms in total. The van der Waals surface area contributed by atoms with Crippen LogP contribution in [0, 0.1) is 0 Å². The smallest absolute Gasteiger partial charge is 0.363 e. The summed E-state index contributed by atoms with van der Waals surface area (Å²) in [7, 11) is 0. The summed E-state index contributed by atoms with van der Waals surface area (Å²) in [6.45, 7) is 0.0382. The number of nitrogens with zero attached hydrogens (tertiary/aromatic N) is 3. The van der Waals surface area contributed by atoms with Crippen LogP contribution in [0.4, 0.5) is 43.5 Å². The predicted molar refractivity (Wildman–Crippen MR) is 94.5 cm³/mol. The topological polar surface area (TPSA) is 41.0 Å². The van der Waals surface area contributed by atoms with Crippen molar-refractivity contribution >= 4 is 17.2 Å². The average molecular weight is 410 g/mol. The molecule has 0 amide bonds. The molecular weight excluding hydrogens is 398 g/mol. The number of hydrogen-bond donors (Lipinski definition) is 1. The van der Waals surface area contributed by atoms with Crippen molar-refractivity contribution in [1.29, 1.82) is 0 Å². The molecule has 1 aromatic heterocycles. The van der Waals surface area contributed by atoms with Crippen molar-refractivity contribution in [2.75, 3.05) is 16.9 Å². The Balaban J connectivity index is 1.83. The highest BCUT2D eigenvalue weighted by Gasteiger charge is 2.39. The largest absolute Gasteiger partial charge is 0.451 e. The van der Waals surface area contributed by atoms with Crippen molar-refractivity contribution in [3.63, 3.8) is 0 Å². The second-order valence-electron chi connectivity index (χ2n) is 6.27. The van der Waals surface area contributed by atoms with Gasteiger partial charge in [-0.3, -0.25) is 0 Å². The van der Waals surface area contributed by atoms with Crippen molar-refractivity contribution < 1.29 is 26.3 Å². The van der Waals surface area contributed by atoms with Gasteiger partial charge in [0.15, 0.2) is 5.82 Å². The van der Waals surface area contributed by atoms with E-state index in [0.29, 0.717) is 5.56 Å². The number of halogens is 6. The first kappa shape index (κ1) is 19.0. The molecule has 0 unspecified atom stereocenters. The van der Waals surface area contributed by atoms with Crippen LogP contribution in [0.15, 0.2) is 54.6 Å². The first-order valence-corrected chi connectivity index (χ1v) is 8.38. The molecule has 0 saturated carbocycles. The molecule has 0 bridgehead atoms. The summed E-state index contributed by atoms with van der Waals surface area (Å²) < 4.78 is 78.5. The van der Waals surface area contributed by atoms with Gasteiger partial charge in [0.1, 0.15) is 5.69 Å². The number of fused-ring (bicyclic) bond motifs is 1. The zero-order valence-corrected chi connectivity index (χ0v) is 14.5. The van der Waals surface area contributed by atoms with E-state index in [2.05, 4.69) is 15.3 Å². The molecule has 1 N–H and O–H groups in total. The number of hydrogen-bond acceptors (Lipinski definition) is 4. The molecule has 1 aliphatic rings. The molecule has 0 atom stereocenters. The number of alkyl halides is 6. The first-order valence-electron chi connectivity index (χ1n) is 8.38. The van der Waals surface area contributed by atoms with E-state index in [-0.39, 0.29) is 29.6 Å². The van der Waals surface area contributed by atoms with Crippen LogP contribution < -0.4 is 10.2 Å². The first-order chi connectivity index (χ1) is 13.6. The molecule has 0 radical (unpaired) electrons. The maximum Gasteiger partial charge on any atom is 0.451 e. The summed E-state index contributed by atoms with van der Waals surface area (Å²) >= 11 is 0. The number of anilines is 3. The number of benzene rings is 2. The van der Waals surface area contributed by atoms with Gasteiger partial charge >= 0.3 is 12.4 Å². The monoisotopic (exact) mass is 410 g/mol. The molecule has 2 aromatic carbocycles. The molecule has 0 aliphatic carbocycles. The highest BCUT2D eigenvalue weighted by molar-refractivity contribution is 5.88. The van der Waals surface area contributed by atoms with Crippen molar-refractivity contribution in [3.05, 3.63) is 66.0 Å². The minimum atomic E-state index is -4.78. The molecule has 4 rings (SSSR count). The van der Waals surface area contributed by atoms with Gasteiger partial charge in [0, 0.05) is 11.3 Å². The van der Waals surface area contributed by atoms with Crippen molar-refractivity contribution in [3.8, 4) is 11.3 Å². The molecule has 2 heterocycles. The van der Waals surface area contributed by atoms with E-state index in [1.807, 2.05) is 0 Å². The van der Waals surface area contributed by atoms with Gasteiger partial charge in [-0.25, -0.2) is 9.97 Å². The number of rotatable bonds is 2. The number of aromatic nitrogens is 2. The maximum absolute atomic E-state index is 13.4. The zero-order valence-electron chi connectivity index (χ0n) is 14.5. The van der Waals surface area contributed by atoms with Crippen LogP contribution in [0.2, 0.25) is 0 Å². The van der Waals surface area contributed by atoms with E-state index >= 15 is 0 Å². The fraction of sp³-hybridized carbons (Fsp3) is 0.158. The van der Waals surface area contributed by atoms with E-state index in [9.17, 15) is 26.3 Å². The Morgan fingerprint density at radius 3 is 2.03 bits per heavy atom. The summed E-state index contributed by atoms with van der Waals surface area (Å²) in [5, 5.41) is 2.95. The minimum absolute atomic E-state index is 0.0382. The summed E-state index contributed by atoms with van der Waals surface area (Å²) in [5.41, 5.74) is 0.229. The highest BCUT2D eigenvalue weighted by Crippen LogP contribution is 2.43. The normalized spacial score (nSPS) is 13.9. The summed E-state index contributed by atoms with van der Waals surface area (Å²) in [6.07, 6.45) is -9.29. The molecular formula is C19H12F6N4. The lowest BCUT2D eigenvalue weighted by Gasteiger charge is -2.19. The summed E-state index contributed by atoms with van der Waals surface area (Å²) in [5.74, 6) is -1.37. The van der Waals surface area contributed by atoms with Crippen molar-refractivity contribution in [2.24, 2.45) is 0 Å². The highest BCUT2D eigenvalue weighted by atomic mass is 19.4. The van der Waals surface area contributed by atoms with Gasteiger partial charge < -0.3 is 10.2 Å². The van der Waals surface area contributed by atoms with Crippen LogP contribution in [0.3, 0.4) is 0 Å². The lowest BCUT2D eigenvalue weighted by molar-refractivity contribution is -0.144. The molecule has 0 fully saturated rings. The maximum atomic E-state index is 13.4. The van der Waals surface area contributed by atoms with E-state index in [0.717, 1.165) is 12.1 Å². The minimum Gasteiger partial charge on any atom is -0.363 e. The Morgan fingerprint density at radius 1 is 0.793 bits per heavy atom. The third-order valence-corrected chi connectivity index (χ3v) is 4.37. The van der Waals surface area contributed by atoms with E-state index in [1.54, 1.807) is 30.3 Å². The zero-order chi connectivity index (χ0) is 20.8. The molecule has 3 aromatic rings. The third-order valence-electron chi connectivity index (χ3n) is 4.37.